The Labute approximate surface area is 89.5 Å². The van der Waals surface area contributed by atoms with Gasteiger partial charge < -0.3 is 5.73 Å². The summed E-state index contributed by atoms with van der Waals surface area (Å²) < 4.78 is 0. The maximum Gasteiger partial charge on any atom is 0.00981 e. The summed E-state index contributed by atoms with van der Waals surface area (Å²) in [6, 6.07) is 0.450. The first-order valence-electron chi connectivity index (χ1n) is 6.30. The number of hydrogen-bond donors (Lipinski definition) is 1. The molecule has 0 spiro atoms. The Morgan fingerprint density at radius 1 is 1.29 bits per heavy atom. The zero-order chi connectivity index (χ0) is 10.8. The molecule has 0 amide bonds. The zero-order valence-corrected chi connectivity index (χ0v) is 10.3. The summed E-state index contributed by atoms with van der Waals surface area (Å²) in [5.74, 6) is 1.50. The SMILES string of the molecule is CCCC(C)(CC)C1CCC(C)C1N. The van der Waals surface area contributed by atoms with Crippen molar-refractivity contribution in [1.29, 1.82) is 0 Å². The van der Waals surface area contributed by atoms with Crippen molar-refractivity contribution in [3.8, 4) is 0 Å². The minimum Gasteiger partial charge on any atom is -0.327 e. The molecule has 1 nitrogen and oxygen atoms in total. The largest absolute Gasteiger partial charge is 0.327 e. The van der Waals surface area contributed by atoms with E-state index in [4.69, 9.17) is 5.73 Å². The molecule has 1 saturated carbocycles. The molecule has 0 radical (unpaired) electrons. The Kier molecular flexibility index (Phi) is 4.00. The highest BCUT2D eigenvalue weighted by Crippen LogP contribution is 2.46. The van der Waals surface area contributed by atoms with Crippen molar-refractivity contribution in [2.45, 2.75) is 65.8 Å². The van der Waals surface area contributed by atoms with Gasteiger partial charge >= 0.3 is 0 Å². The van der Waals surface area contributed by atoms with Crippen LogP contribution in [-0.4, -0.2) is 6.04 Å². The second kappa shape index (κ2) is 4.65. The van der Waals surface area contributed by atoms with E-state index < -0.39 is 0 Å². The van der Waals surface area contributed by atoms with Gasteiger partial charge in [0.2, 0.25) is 0 Å². The smallest absolute Gasteiger partial charge is 0.00981 e. The Hall–Kier alpha value is -0.0400. The lowest BCUT2D eigenvalue weighted by molar-refractivity contribution is 0.142. The van der Waals surface area contributed by atoms with Crippen molar-refractivity contribution in [3.63, 3.8) is 0 Å². The first kappa shape index (κ1) is 12.0. The highest BCUT2D eigenvalue weighted by Gasteiger charge is 2.41. The molecule has 1 rings (SSSR count). The maximum atomic E-state index is 6.31. The summed E-state index contributed by atoms with van der Waals surface area (Å²) in [5.41, 5.74) is 6.81. The summed E-state index contributed by atoms with van der Waals surface area (Å²) in [6.07, 6.45) is 6.61. The quantitative estimate of drug-likeness (QED) is 0.732. The van der Waals surface area contributed by atoms with Gasteiger partial charge in [0.05, 0.1) is 0 Å². The van der Waals surface area contributed by atoms with E-state index in [1.54, 1.807) is 0 Å². The van der Waals surface area contributed by atoms with Crippen LogP contribution in [0.3, 0.4) is 0 Å². The van der Waals surface area contributed by atoms with Crippen LogP contribution in [-0.2, 0) is 0 Å². The van der Waals surface area contributed by atoms with Crippen LogP contribution in [0.5, 0.6) is 0 Å². The second-order valence-corrected chi connectivity index (χ2v) is 5.50. The molecule has 0 aliphatic heterocycles. The third kappa shape index (κ3) is 2.13. The Balaban J connectivity index is 2.69. The molecule has 4 unspecified atom stereocenters. The van der Waals surface area contributed by atoms with Crippen molar-refractivity contribution < 1.29 is 0 Å². The van der Waals surface area contributed by atoms with E-state index >= 15 is 0 Å². The van der Waals surface area contributed by atoms with Gasteiger partial charge in [-0.05, 0) is 36.5 Å². The van der Waals surface area contributed by atoms with Gasteiger partial charge in [-0.25, -0.2) is 0 Å². The van der Waals surface area contributed by atoms with Gasteiger partial charge in [0.15, 0.2) is 0 Å². The predicted octanol–water partition coefficient (Wildman–Crippen LogP) is 3.58. The molecular weight excluding hydrogens is 170 g/mol. The molecule has 0 heterocycles. The molecule has 1 fully saturated rings. The van der Waals surface area contributed by atoms with E-state index in [1.165, 1.54) is 32.1 Å². The fourth-order valence-corrected chi connectivity index (χ4v) is 3.23. The lowest BCUT2D eigenvalue weighted by Gasteiger charge is -2.38. The van der Waals surface area contributed by atoms with Crippen LogP contribution in [0.2, 0.25) is 0 Å². The van der Waals surface area contributed by atoms with Crippen LogP contribution in [0, 0.1) is 17.3 Å². The van der Waals surface area contributed by atoms with E-state index in [2.05, 4.69) is 27.7 Å². The van der Waals surface area contributed by atoms with Crippen LogP contribution in [0.25, 0.3) is 0 Å². The van der Waals surface area contributed by atoms with Gasteiger partial charge in [-0.3, -0.25) is 0 Å². The predicted molar refractivity (Wildman–Crippen MR) is 63.2 cm³/mol. The second-order valence-electron chi connectivity index (χ2n) is 5.50. The van der Waals surface area contributed by atoms with Gasteiger partial charge in [-0.1, -0.05) is 40.5 Å². The van der Waals surface area contributed by atoms with Gasteiger partial charge in [-0.15, -0.1) is 0 Å². The summed E-state index contributed by atoms with van der Waals surface area (Å²) in [4.78, 5) is 0. The van der Waals surface area contributed by atoms with Crippen molar-refractivity contribution in [1.82, 2.24) is 0 Å². The topological polar surface area (TPSA) is 26.0 Å². The molecule has 0 aromatic carbocycles. The average Bonchev–Trinajstić information content (AvgIpc) is 2.48. The van der Waals surface area contributed by atoms with Crippen LogP contribution < -0.4 is 5.73 Å². The highest BCUT2D eigenvalue weighted by molar-refractivity contribution is 4.94. The monoisotopic (exact) mass is 197 g/mol. The van der Waals surface area contributed by atoms with Gasteiger partial charge in [0.25, 0.3) is 0 Å². The molecule has 0 aromatic rings. The number of hydrogen-bond acceptors (Lipinski definition) is 1. The van der Waals surface area contributed by atoms with Gasteiger partial charge in [0.1, 0.15) is 0 Å². The van der Waals surface area contributed by atoms with Gasteiger partial charge in [0, 0.05) is 6.04 Å². The van der Waals surface area contributed by atoms with Crippen molar-refractivity contribution in [3.05, 3.63) is 0 Å². The minimum atomic E-state index is 0.450. The van der Waals surface area contributed by atoms with Crippen LogP contribution >= 0.6 is 0 Å². The van der Waals surface area contributed by atoms with Crippen LogP contribution in [0.1, 0.15) is 59.8 Å². The molecule has 0 bridgehead atoms. The fraction of sp³-hybridized carbons (Fsp3) is 1.00. The molecule has 0 aromatic heterocycles. The average molecular weight is 197 g/mol. The van der Waals surface area contributed by atoms with E-state index in [0.29, 0.717) is 11.5 Å². The van der Waals surface area contributed by atoms with Crippen molar-refractivity contribution in [2.75, 3.05) is 0 Å². The Morgan fingerprint density at radius 2 is 1.93 bits per heavy atom. The van der Waals surface area contributed by atoms with E-state index in [-0.39, 0.29) is 0 Å². The van der Waals surface area contributed by atoms with E-state index in [0.717, 1.165) is 11.8 Å². The lowest BCUT2D eigenvalue weighted by atomic mass is 9.69. The molecule has 1 aliphatic carbocycles. The fourth-order valence-electron chi connectivity index (χ4n) is 3.23. The van der Waals surface area contributed by atoms with Gasteiger partial charge in [-0.2, -0.15) is 0 Å². The van der Waals surface area contributed by atoms with E-state index in [1.807, 2.05) is 0 Å². The molecule has 4 atom stereocenters. The minimum absolute atomic E-state index is 0.450. The zero-order valence-electron chi connectivity index (χ0n) is 10.3. The normalized spacial score (nSPS) is 37.1. The summed E-state index contributed by atoms with van der Waals surface area (Å²) in [5, 5.41) is 0. The molecule has 2 N–H and O–H groups in total. The number of rotatable bonds is 4. The van der Waals surface area contributed by atoms with E-state index in [9.17, 15) is 0 Å². The highest BCUT2D eigenvalue weighted by atomic mass is 14.7. The first-order chi connectivity index (χ1) is 6.55. The molecule has 1 heteroatoms. The van der Waals surface area contributed by atoms with Crippen molar-refractivity contribution in [2.24, 2.45) is 23.0 Å². The Bertz CT molecular complexity index is 178. The molecule has 0 saturated heterocycles. The van der Waals surface area contributed by atoms with Crippen LogP contribution in [0.15, 0.2) is 0 Å². The molecule has 1 aliphatic rings. The number of nitrogens with two attached hydrogens (primary N) is 1. The third-order valence-electron chi connectivity index (χ3n) is 4.58. The van der Waals surface area contributed by atoms with Crippen LogP contribution in [0.4, 0.5) is 0 Å². The summed E-state index contributed by atoms with van der Waals surface area (Å²) in [7, 11) is 0. The Morgan fingerprint density at radius 3 is 2.29 bits per heavy atom. The maximum absolute atomic E-state index is 6.31. The molecule has 84 valence electrons. The molecule has 14 heavy (non-hydrogen) atoms. The first-order valence-corrected chi connectivity index (χ1v) is 6.30. The molecular formula is C13H27N. The summed E-state index contributed by atoms with van der Waals surface area (Å²) >= 11 is 0. The summed E-state index contributed by atoms with van der Waals surface area (Å²) in [6.45, 7) is 9.37. The van der Waals surface area contributed by atoms with Crippen molar-refractivity contribution >= 4 is 0 Å². The third-order valence-corrected chi connectivity index (χ3v) is 4.58. The lowest BCUT2D eigenvalue weighted by Crippen LogP contribution is -2.39. The standard InChI is InChI=1S/C13H27N/c1-5-9-13(4,6-2)11-8-7-10(3)12(11)14/h10-12H,5-9,14H2,1-4H3.